The first-order valence-electron chi connectivity index (χ1n) is 5.86. The van der Waals surface area contributed by atoms with Crippen molar-refractivity contribution in [2.45, 2.75) is 46.5 Å². The number of allylic oxidation sites excluding steroid dienone is 1. The summed E-state index contributed by atoms with van der Waals surface area (Å²) in [5, 5.41) is 4.58. The summed E-state index contributed by atoms with van der Waals surface area (Å²) < 4.78 is 0. The standard InChI is InChI=1S/C10H20N2.C2H6/c1-10(2)12-9-7-5-4-6-8-11(12)3;1-2/h1,4-9H2,2-3H3;1-2H3. The molecule has 1 heterocycles. The average Bonchev–Trinajstić information content (AvgIpc) is 2.14. The SMILES string of the molecule is C=C(C)N1CCCCCCN1C.CC. The number of nitrogens with zero attached hydrogens (tertiary/aromatic N) is 2. The Morgan fingerprint density at radius 2 is 1.50 bits per heavy atom. The Labute approximate surface area is 89.6 Å². The van der Waals surface area contributed by atoms with Crippen molar-refractivity contribution in [1.29, 1.82) is 0 Å². The highest BCUT2D eigenvalue weighted by Crippen LogP contribution is 2.13. The van der Waals surface area contributed by atoms with Gasteiger partial charge in [-0.2, -0.15) is 0 Å². The molecule has 1 rings (SSSR count). The van der Waals surface area contributed by atoms with Gasteiger partial charge in [-0.1, -0.05) is 33.3 Å². The zero-order valence-corrected chi connectivity index (χ0v) is 10.3. The Hall–Kier alpha value is -0.500. The lowest BCUT2D eigenvalue weighted by atomic mass is 10.1. The third-order valence-electron chi connectivity index (χ3n) is 2.45. The molecule has 0 aliphatic carbocycles. The quantitative estimate of drug-likeness (QED) is 0.638. The van der Waals surface area contributed by atoms with Crippen LogP contribution in [0.3, 0.4) is 0 Å². The molecule has 0 aromatic heterocycles. The van der Waals surface area contributed by atoms with Crippen LogP contribution in [0.2, 0.25) is 0 Å². The van der Waals surface area contributed by atoms with E-state index in [1.54, 1.807) is 0 Å². The van der Waals surface area contributed by atoms with Gasteiger partial charge in [0, 0.05) is 25.8 Å². The van der Waals surface area contributed by atoms with Crippen LogP contribution < -0.4 is 0 Å². The molecule has 0 spiro atoms. The fraction of sp³-hybridized carbons (Fsp3) is 0.833. The Kier molecular flexibility index (Phi) is 7.58. The predicted octanol–water partition coefficient (Wildman–Crippen LogP) is 3.27. The first kappa shape index (κ1) is 13.5. The Morgan fingerprint density at radius 1 is 1.00 bits per heavy atom. The van der Waals surface area contributed by atoms with E-state index in [1.165, 1.54) is 37.9 Å². The maximum atomic E-state index is 3.99. The summed E-state index contributed by atoms with van der Waals surface area (Å²) in [6, 6.07) is 0. The van der Waals surface area contributed by atoms with E-state index < -0.39 is 0 Å². The van der Waals surface area contributed by atoms with Gasteiger partial charge in [0.1, 0.15) is 0 Å². The molecule has 0 radical (unpaired) electrons. The normalized spacial score (nSPS) is 19.0. The number of hydrogen-bond acceptors (Lipinski definition) is 2. The third kappa shape index (κ3) is 4.66. The van der Waals surface area contributed by atoms with Crippen molar-refractivity contribution in [2.75, 3.05) is 20.1 Å². The van der Waals surface area contributed by atoms with Gasteiger partial charge in [-0.05, 0) is 19.8 Å². The molecule has 0 atom stereocenters. The Morgan fingerprint density at radius 3 is 2.00 bits per heavy atom. The summed E-state index contributed by atoms with van der Waals surface area (Å²) >= 11 is 0. The molecular formula is C12H26N2. The van der Waals surface area contributed by atoms with E-state index >= 15 is 0 Å². The summed E-state index contributed by atoms with van der Waals surface area (Å²) in [7, 11) is 2.15. The predicted molar refractivity (Wildman–Crippen MR) is 64.0 cm³/mol. The molecule has 0 saturated carbocycles. The van der Waals surface area contributed by atoms with Gasteiger partial charge < -0.3 is 5.01 Å². The summed E-state index contributed by atoms with van der Waals surface area (Å²) in [6.07, 6.45) is 5.38. The fourth-order valence-electron chi connectivity index (χ4n) is 1.73. The first-order chi connectivity index (χ1) is 6.72. The van der Waals surface area contributed by atoms with E-state index in [2.05, 4.69) is 30.6 Å². The number of hydrazine groups is 1. The zero-order chi connectivity index (χ0) is 11.0. The van der Waals surface area contributed by atoms with Gasteiger partial charge in [0.15, 0.2) is 0 Å². The van der Waals surface area contributed by atoms with Crippen molar-refractivity contribution in [3.63, 3.8) is 0 Å². The maximum Gasteiger partial charge on any atom is 0.0342 e. The van der Waals surface area contributed by atoms with Crippen molar-refractivity contribution >= 4 is 0 Å². The van der Waals surface area contributed by atoms with Gasteiger partial charge in [0.25, 0.3) is 0 Å². The van der Waals surface area contributed by atoms with Crippen LogP contribution in [-0.2, 0) is 0 Å². The lowest BCUT2D eigenvalue weighted by Crippen LogP contribution is -2.40. The second-order valence-corrected chi connectivity index (χ2v) is 3.65. The molecule has 0 amide bonds. The lowest BCUT2D eigenvalue weighted by Gasteiger charge is -2.35. The van der Waals surface area contributed by atoms with Crippen LogP contribution in [0, 0.1) is 0 Å². The number of hydrogen-bond donors (Lipinski definition) is 0. The van der Waals surface area contributed by atoms with Crippen molar-refractivity contribution in [1.82, 2.24) is 10.0 Å². The van der Waals surface area contributed by atoms with Crippen LogP contribution >= 0.6 is 0 Å². The molecule has 1 aliphatic heterocycles. The molecule has 0 aromatic carbocycles. The molecular weight excluding hydrogens is 172 g/mol. The second-order valence-electron chi connectivity index (χ2n) is 3.65. The van der Waals surface area contributed by atoms with E-state index in [0.29, 0.717) is 0 Å². The smallest absolute Gasteiger partial charge is 0.0342 e. The molecule has 0 aromatic rings. The van der Waals surface area contributed by atoms with Crippen molar-refractivity contribution < 1.29 is 0 Å². The molecule has 1 aliphatic rings. The van der Waals surface area contributed by atoms with Crippen molar-refractivity contribution in [2.24, 2.45) is 0 Å². The van der Waals surface area contributed by atoms with Crippen LogP contribution in [0.1, 0.15) is 46.5 Å². The van der Waals surface area contributed by atoms with Crippen LogP contribution in [0.25, 0.3) is 0 Å². The van der Waals surface area contributed by atoms with Crippen molar-refractivity contribution in [3.8, 4) is 0 Å². The topological polar surface area (TPSA) is 6.48 Å². The lowest BCUT2D eigenvalue weighted by molar-refractivity contribution is 0.0264. The molecule has 2 heteroatoms. The van der Waals surface area contributed by atoms with E-state index in [1.807, 2.05) is 13.8 Å². The maximum absolute atomic E-state index is 3.99. The molecule has 14 heavy (non-hydrogen) atoms. The zero-order valence-electron chi connectivity index (χ0n) is 10.3. The highest BCUT2D eigenvalue weighted by molar-refractivity contribution is 4.86. The van der Waals surface area contributed by atoms with Crippen LogP contribution in [0.4, 0.5) is 0 Å². The second kappa shape index (κ2) is 7.86. The van der Waals surface area contributed by atoms with E-state index in [0.717, 1.165) is 6.54 Å². The Balaban J connectivity index is 0.000000791. The van der Waals surface area contributed by atoms with E-state index in [4.69, 9.17) is 0 Å². The summed E-state index contributed by atoms with van der Waals surface area (Å²) in [4.78, 5) is 0. The van der Waals surface area contributed by atoms with Crippen molar-refractivity contribution in [3.05, 3.63) is 12.3 Å². The van der Waals surface area contributed by atoms with Gasteiger partial charge in [0.2, 0.25) is 0 Å². The van der Waals surface area contributed by atoms with Crippen LogP contribution in [0.5, 0.6) is 0 Å². The third-order valence-corrected chi connectivity index (χ3v) is 2.45. The highest BCUT2D eigenvalue weighted by Gasteiger charge is 2.11. The van der Waals surface area contributed by atoms with Gasteiger partial charge >= 0.3 is 0 Å². The molecule has 84 valence electrons. The minimum atomic E-state index is 1.14. The largest absolute Gasteiger partial charge is 0.311 e. The molecule has 2 nitrogen and oxygen atoms in total. The Bertz CT molecular complexity index is 154. The molecule has 1 saturated heterocycles. The molecule has 0 unspecified atom stereocenters. The van der Waals surface area contributed by atoms with E-state index in [9.17, 15) is 0 Å². The van der Waals surface area contributed by atoms with Crippen LogP contribution in [0.15, 0.2) is 12.3 Å². The first-order valence-corrected chi connectivity index (χ1v) is 5.86. The molecule has 0 N–H and O–H groups in total. The minimum Gasteiger partial charge on any atom is -0.311 e. The average molecular weight is 198 g/mol. The summed E-state index contributed by atoms with van der Waals surface area (Å²) in [6.45, 7) is 12.4. The van der Waals surface area contributed by atoms with E-state index in [-0.39, 0.29) is 0 Å². The minimum absolute atomic E-state index is 1.14. The van der Waals surface area contributed by atoms with Gasteiger partial charge in [-0.3, -0.25) is 0 Å². The molecule has 0 bridgehead atoms. The van der Waals surface area contributed by atoms with Gasteiger partial charge in [0.05, 0.1) is 0 Å². The van der Waals surface area contributed by atoms with Crippen LogP contribution in [-0.4, -0.2) is 30.2 Å². The molecule has 1 fully saturated rings. The van der Waals surface area contributed by atoms with Gasteiger partial charge in [-0.15, -0.1) is 0 Å². The van der Waals surface area contributed by atoms with Gasteiger partial charge in [-0.25, -0.2) is 5.01 Å². The number of rotatable bonds is 1. The fourth-order valence-corrected chi connectivity index (χ4v) is 1.73. The summed E-state index contributed by atoms with van der Waals surface area (Å²) in [5.74, 6) is 0. The monoisotopic (exact) mass is 198 g/mol. The summed E-state index contributed by atoms with van der Waals surface area (Å²) in [5.41, 5.74) is 1.17. The highest BCUT2D eigenvalue weighted by atomic mass is 15.6.